The van der Waals surface area contributed by atoms with Crippen molar-refractivity contribution in [3.05, 3.63) is 65.7 Å². The van der Waals surface area contributed by atoms with E-state index in [2.05, 4.69) is 30.8 Å². The summed E-state index contributed by atoms with van der Waals surface area (Å²) in [6, 6.07) is 9.72. The topological polar surface area (TPSA) is 124 Å². The Bertz CT molecular complexity index is 1540. The molecule has 2 amide bonds. The maximum absolute atomic E-state index is 13.3. The zero-order chi connectivity index (χ0) is 25.6. The summed E-state index contributed by atoms with van der Waals surface area (Å²) in [5, 5.41) is 8.46. The van der Waals surface area contributed by atoms with Crippen molar-refractivity contribution < 1.29 is 14.3 Å². The summed E-state index contributed by atoms with van der Waals surface area (Å²) in [6.45, 7) is 2.32. The van der Waals surface area contributed by atoms with Crippen LogP contribution >= 0.6 is 0 Å². The van der Waals surface area contributed by atoms with E-state index in [9.17, 15) is 9.59 Å². The van der Waals surface area contributed by atoms with Crippen LogP contribution in [0, 0.1) is 11.8 Å². The first-order chi connectivity index (χ1) is 18.6. The lowest BCUT2D eigenvalue weighted by atomic mass is 9.88. The molecule has 3 aliphatic heterocycles. The molecule has 192 valence electrons. The summed E-state index contributed by atoms with van der Waals surface area (Å²) >= 11 is 0. The Morgan fingerprint density at radius 3 is 2.82 bits per heavy atom. The van der Waals surface area contributed by atoms with Gasteiger partial charge in [0.25, 0.3) is 5.91 Å². The number of rotatable bonds is 5. The molecular formula is C28H27N7O3. The van der Waals surface area contributed by atoms with Crippen molar-refractivity contribution in [2.75, 3.05) is 31.6 Å². The molecule has 1 saturated heterocycles. The van der Waals surface area contributed by atoms with E-state index >= 15 is 0 Å². The van der Waals surface area contributed by atoms with Crippen LogP contribution in [0.4, 0.5) is 5.69 Å². The molecule has 0 radical (unpaired) electrons. The molecule has 38 heavy (non-hydrogen) atoms. The predicted octanol–water partition coefficient (Wildman–Crippen LogP) is 3.15. The number of allylic oxidation sites excluding steroid dienone is 1. The number of hydrogen-bond donors (Lipinski definition) is 3. The summed E-state index contributed by atoms with van der Waals surface area (Å²) in [5.41, 5.74) is 8.98. The lowest BCUT2D eigenvalue weighted by Crippen LogP contribution is -2.40. The van der Waals surface area contributed by atoms with E-state index in [4.69, 9.17) is 4.74 Å². The van der Waals surface area contributed by atoms with Crippen LogP contribution in [0.2, 0.25) is 0 Å². The van der Waals surface area contributed by atoms with Gasteiger partial charge >= 0.3 is 0 Å². The average molecular weight is 510 g/mol. The Labute approximate surface area is 218 Å². The van der Waals surface area contributed by atoms with Gasteiger partial charge in [0.1, 0.15) is 5.84 Å². The fraction of sp³-hybridized carbons (Fsp3) is 0.321. The molecule has 1 aliphatic carbocycles. The van der Waals surface area contributed by atoms with Crippen molar-refractivity contribution >= 4 is 45.5 Å². The van der Waals surface area contributed by atoms with Crippen LogP contribution in [0.3, 0.4) is 0 Å². The van der Waals surface area contributed by atoms with Gasteiger partial charge < -0.3 is 19.9 Å². The molecule has 1 unspecified atom stereocenters. The molecule has 2 aromatic heterocycles. The van der Waals surface area contributed by atoms with E-state index in [1.54, 1.807) is 12.4 Å². The second kappa shape index (κ2) is 9.21. The lowest BCUT2D eigenvalue weighted by Gasteiger charge is -2.27. The number of hydrogen-bond acceptors (Lipinski definition) is 7. The first-order valence-electron chi connectivity index (χ1n) is 13.0. The molecule has 1 atom stereocenters. The Morgan fingerprint density at radius 1 is 1.11 bits per heavy atom. The Balaban J connectivity index is 1.14. The van der Waals surface area contributed by atoms with Crippen LogP contribution in [0.1, 0.15) is 40.9 Å². The van der Waals surface area contributed by atoms with Crippen LogP contribution < -0.4 is 10.7 Å². The van der Waals surface area contributed by atoms with Gasteiger partial charge in [-0.25, -0.2) is 4.99 Å². The van der Waals surface area contributed by atoms with Gasteiger partial charge in [-0.15, -0.1) is 0 Å². The normalized spacial score (nSPS) is 20.8. The Morgan fingerprint density at radius 2 is 1.97 bits per heavy atom. The van der Waals surface area contributed by atoms with Gasteiger partial charge in [-0.2, -0.15) is 5.10 Å². The molecule has 3 N–H and O–H groups in total. The van der Waals surface area contributed by atoms with Gasteiger partial charge in [0.2, 0.25) is 5.91 Å². The highest BCUT2D eigenvalue weighted by atomic mass is 16.5. The number of ether oxygens (including phenoxy) is 1. The van der Waals surface area contributed by atoms with Gasteiger partial charge in [-0.1, -0.05) is 6.07 Å². The van der Waals surface area contributed by atoms with Gasteiger partial charge in [0.15, 0.2) is 0 Å². The smallest absolute Gasteiger partial charge is 0.254 e. The SMILES string of the molecule is O=C(Nc1cncc(C2=CN=C3NN=C(c4cc5c(C(=O)N6CCOCC6)cccc5[nH]4)C3C2)c1)C1CC1. The monoisotopic (exact) mass is 509 g/mol. The minimum atomic E-state index is -0.0637. The molecule has 0 spiro atoms. The third kappa shape index (κ3) is 4.16. The third-order valence-corrected chi connectivity index (χ3v) is 7.53. The highest BCUT2D eigenvalue weighted by Gasteiger charge is 2.34. The van der Waals surface area contributed by atoms with Crippen LogP contribution in [0.15, 0.2) is 59.0 Å². The number of morpholine rings is 1. The number of aliphatic imine (C=N–C) groups is 1. The molecule has 1 saturated carbocycles. The molecule has 2 fully saturated rings. The molecule has 10 nitrogen and oxygen atoms in total. The van der Waals surface area contributed by atoms with Crippen molar-refractivity contribution in [3.63, 3.8) is 0 Å². The molecule has 1 aromatic carbocycles. The fourth-order valence-corrected chi connectivity index (χ4v) is 5.27. The number of carbonyl (C=O) groups is 2. The largest absolute Gasteiger partial charge is 0.378 e. The highest BCUT2D eigenvalue weighted by molar-refractivity contribution is 6.20. The maximum Gasteiger partial charge on any atom is 0.254 e. The van der Waals surface area contributed by atoms with Crippen LogP contribution in [0.5, 0.6) is 0 Å². The Kier molecular flexibility index (Phi) is 5.54. The number of nitrogens with zero attached hydrogens (tertiary/aromatic N) is 4. The number of amides is 2. The number of aromatic amines is 1. The highest BCUT2D eigenvalue weighted by Crippen LogP contribution is 2.34. The van der Waals surface area contributed by atoms with Crippen LogP contribution in [0.25, 0.3) is 16.5 Å². The number of pyridine rings is 1. The molecule has 0 bridgehead atoms. The van der Waals surface area contributed by atoms with Crippen molar-refractivity contribution in [1.82, 2.24) is 20.3 Å². The Hall–Kier alpha value is -4.31. The van der Waals surface area contributed by atoms with Gasteiger partial charge in [0.05, 0.1) is 42.4 Å². The van der Waals surface area contributed by atoms with Gasteiger partial charge in [-0.05, 0) is 54.7 Å². The van der Waals surface area contributed by atoms with Crippen molar-refractivity contribution in [1.29, 1.82) is 0 Å². The first kappa shape index (κ1) is 22.9. The quantitative estimate of drug-likeness (QED) is 0.488. The molecular weight excluding hydrogens is 482 g/mol. The van der Waals surface area contributed by atoms with Crippen molar-refractivity contribution in [2.45, 2.75) is 19.3 Å². The van der Waals surface area contributed by atoms with E-state index in [-0.39, 0.29) is 23.7 Å². The summed E-state index contributed by atoms with van der Waals surface area (Å²) in [4.78, 5) is 39.8. The van der Waals surface area contributed by atoms with E-state index in [1.807, 2.05) is 41.4 Å². The number of benzene rings is 1. The minimum Gasteiger partial charge on any atom is -0.378 e. The number of amidine groups is 1. The molecule has 5 heterocycles. The number of hydrazone groups is 1. The predicted molar refractivity (Wildman–Crippen MR) is 144 cm³/mol. The number of anilines is 1. The summed E-state index contributed by atoms with van der Waals surface area (Å²) in [6.07, 6.45) is 7.90. The summed E-state index contributed by atoms with van der Waals surface area (Å²) in [7, 11) is 0. The molecule has 4 aliphatic rings. The van der Waals surface area contributed by atoms with Crippen LogP contribution in [-0.2, 0) is 9.53 Å². The second-order valence-corrected chi connectivity index (χ2v) is 10.1. The number of H-pyrrole nitrogens is 1. The van der Waals surface area contributed by atoms with E-state index < -0.39 is 0 Å². The second-order valence-electron chi connectivity index (χ2n) is 10.1. The van der Waals surface area contributed by atoms with E-state index in [1.165, 1.54) is 0 Å². The summed E-state index contributed by atoms with van der Waals surface area (Å²) in [5.74, 6) is 0.928. The van der Waals surface area contributed by atoms with Gasteiger partial charge in [-0.3, -0.25) is 20.0 Å². The fourth-order valence-electron chi connectivity index (χ4n) is 5.27. The lowest BCUT2D eigenvalue weighted by molar-refractivity contribution is -0.117. The van der Waals surface area contributed by atoms with E-state index in [0.29, 0.717) is 44.0 Å². The maximum atomic E-state index is 13.3. The van der Waals surface area contributed by atoms with E-state index in [0.717, 1.165) is 52.1 Å². The zero-order valence-electron chi connectivity index (χ0n) is 20.7. The number of carbonyl (C=O) groups excluding carboxylic acids is 2. The third-order valence-electron chi connectivity index (χ3n) is 7.53. The molecule has 10 heteroatoms. The minimum absolute atomic E-state index is 0.0160. The summed E-state index contributed by atoms with van der Waals surface area (Å²) < 4.78 is 5.41. The number of aromatic nitrogens is 2. The molecule has 3 aromatic rings. The zero-order valence-corrected chi connectivity index (χ0v) is 20.7. The van der Waals surface area contributed by atoms with Crippen molar-refractivity contribution in [3.8, 4) is 0 Å². The average Bonchev–Trinajstić information content (AvgIpc) is 3.59. The van der Waals surface area contributed by atoms with Crippen LogP contribution in [-0.4, -0.2) is 64.5 Å². The standard InChI is InChI=1S/C28H27N7O3/c36-27(16-4-5-16)31-19-10-17(13-29-15-19)18-11-22-25(33-34-26(22)30-14-18)24-12-21-20(2-1-3-23(21)32-24)28(37)35-6-8-38-9-7-35/h1-3,10,12-16,22,32H,4-9,11H2,(H,30,34)(H,31,36). The van der Waals surface area contributed by atoms with Gasteiger partial charge in [0, 0.05) is 47.9 Å². The first-order valence-corrected chi connectivity index (χ1v) is 13.0. The number of fused-ring (bicyclic) bond motifs is 2. The van der Waals surface area contributed by atoms with Crippen molar-refractivity contribution in [2.24, 2.45) is 21.9 Å². The number of nitrogens with one attached hydrogen (secondary N) is 3. The molecule has 7 rings (SSSR count).